The lowest BCUT2D eigenvalue weighted by Gasteiger charge is -2.43. The van der Waals surface area contributed by atoms with E-state index in [4.69, 9.17) is 0 Å². The van der Waals surface area contributed by atoms with Crippen molar-refractivity contribution in [3.63, 3.8) is 0 Å². The van der Waals surface area contributed by atoms with Gasteiger partial charge in [0, 0.05) is 31.4 Å². The second-order valence-corrected chi connectivity index (χ2v) is 8.84. The third kappa shape index (κ3) is 4.13. The van der Waals surface area contributed by atoms with Crippen LogP contribution in [-0.2, 0) is 0 Å². The molecule has 33 heavy (non-hydrogen) atoms. The number of fused-ring (bicyclic) bond motifs is 1. The van der Waals surface area contributed by atoms with Crippen molar-refractivity contribution in [2.24, 2.45) is 0 Å². The van der Waals surface area contributed by atoms with E-state index in [2.05, 4.69) is 26.0 Å². The molecule has 5 rings (SSSR count). The van der Waals surface area contributed by atoms with Crippen LogP contribution in [-0.4, -0.2) is 73.3 Å². The molecule has 176 valence electrons. The molecule has 3 heterocycles. The first-order valence-corrected chi connectivity index (χ1v) is 11.2. The third-order valence-corrected chi connectivity index (χ3v) is 6.56. The number of hydrogen-bond acceptors (Lipinski definition) is 8. The van der Waals surface area contributed by atoms with Gasteiger partial charge >= 0.3 is 0 Å². The first-order chi connectivity index (χ1) is 15.9. The van der Waals surface area contributed by atoms with Gasteiger partial charge < -0.3 is 31.1 Å². The van der Waals surface area contributed by atoms with Crippen LogP contribution in [0.25, 0.3) is 5.65 Å². The highest BCUT2D eigenvalue weighted by Gasteiger charge is 2.37. The average molecular weight is 458 g/mol. The monoisotopic (exact) mass is 457 g/mol. The molecule has 2 unspecified atom stereocenters. The van der Waals surface area contributed by atoms with E-state index in [0.29, 0.717) is 54.2 Å². The molecule has 2 aliphatic carbocycles. The van der Waals surface area contributed by atoms with E-state index < -0.39 is 12.4 Å². The maximum atomic E-state index is 13.3. The lowest BCUT2D eigenvalue weighted by molar-refractivity contribution is -0.0147. The van der Waals surface area contributed by atoms with Gasteiger partial charge in [0.25, 0.3) is 5.91 Å². The molecular weight excluding hydrogens is 429 g/mol. The van der Waals surface area contributed by atoms with Gasteiger partial charge in [-0.25, -0.2) is 9.37 Å². The Balaban J connectivity index is 1.38. The molecule has 0 radical (unpaired) electrons. The van der Waals surface area contributed by atoms with Crippen LogP contribution >= 0.6 is 0 Å². The quantitative estimate of drug-likeness (QED) is 0.440. The van der Waals surface area contributed by atoms with E-state index in [0.717, 1.165) is 6.42 Å². The molecule has 11 heteroatoms. The van der Waals surface area contributed by atoms with Gasteiger partial charge in [0.2, 0.25) is 0 Å². The number of carbonyl (C=O) groups excluding carboxylic acids is 1. The fourth-order valence-electron chi connectivity index (χ4n) is 4.63. The molecule has 5 N–H and O–H groups in total. The molecule has 10 nitrogen and oxygen atoms in total. The number of aromatic nitrogens is 3. The predicted molar refractivity (Wildman–Crippen MR) is 120 cm³/mol. The van der Waals surface area contributed by atoms with Gasteiger partial charge in [-0.1, -0.05) is 0 Å². The number of aliphatic hydroxyl groups is 2. The fourth-order valence-corrected chi connectivity index (χ4v) is 4.63. The molecule has 1 aliphatic heterocycles. The van der Waals surface area contributed by atoms with E-state index >= 15 is 0 Å². The zero-order valence-corrected chi connectivity index (χ0v) is 18.3. The molecule has 2 aromatic heterocycles. The van der Waals surface area contributed by atoms with Crippen LogP contribution in [0.2, 0.25) is 0 Å². The summed E-state index contributed by atoms with van der Waals surface area (Å²) >= 11 is 0. The van der Waals surface area contributed by atoms with E-state index in [1.807, 2.05) is 0 Å². The van der Waals surface area contributed by atoms with Crippen LogP contribution in [0.15, 0.2) is 36.3 Å². The Morgan fingerprint density at radius 1 is 1.24 bits per heavy atom. The SMILES string of the molecule is CNc1cc(NC2=CC=CN([C@H]3C[C@H](F)C3)C2O)nc2c(C(=O)NC3CC[C@@H](O)C3)cnn12. The smallest absolute Gasteiger partial charge is 0.256 e. The van der Waals surface area contributed by atoms with Gasteiger partial charge in [-0.2, -0.15) is 9.61 Å². The number of amides is 1. The topological polar surface area (TPSA) is 127 Å². The van der Waals surface area contributed by atoms with Gasteiger partial charge in [0.1, 0.15) is 23.4 Å². The van der Waals surface area contributed by atoms with Crippen LogP contribution < -0.4 is 16.0 Å². The number of nitrogens with one attached hydrogen (secondary N) is 3. The normalized spacial score (nSPS) is 29.0. The highest BCUT2D eigenvalue weighted by molar-refractivity contribution is 6.00. The fraction of sp³-hybridized carbons (Fsp3) is 0.500. The first-order valence-electron chi connectivity index (χ1n) is 11.2. The van der Waals surface area contributed by atoms with Gasteiger partial charge in [-0.15, -0.1) is 0 Å². The number of nitrogens with zero attached hydrogens (tertiary/aromatic N) is 4. The minimum Gasteiger partial charge on any atom is -0.393 e. The van der Waals surface area contributed by atoms with Crippen molar-refractivity contribution in [1.29, 1.82) is 0 Å². The molecule has 0 aromatic carbocycles. The summed E-state index contributed by atoms with van der Waals surface area (Å²) in [5, 5.41) is 34.0. The number of anilines is 2. The van der Waals surface area contributed by atoms with Crippen molar-refractivity contribution >= 4 is 23.2 Å². The van der Waals surface area contributed by atoms with Crippen LogP contribution in [0.1, 0.15) is 42.5 Å². The minimum absolute atomic E-state index is 0.0423. The summed E-state index contributed by atoms with van der Waals surface area (Å²) in [6, 6.07) is 1.61. The largest absolute Gasteiger partial charge is 0.393 e. The van der Waals surface area contributed by atoms with Crippen LogP contribution in [0.3, 0.4) is 0 Å². The van der Waals surface area contributed by atoms with Gasteiger partial charge in [-0.05, 0) is 44.3 Å². The standard InChI is InChI=1S/C22H28FN7O3/c1-24-19-10-18(27-17-3-2-6-29(22(17)33)14-7-12(23)8-14)28-20-16(11-25-30(19)20)21(32)26-13-4-5-15(31)9-13/h2-3,6,10-15,22,24,31,33H,4-5,7-9H2,1H3,(H,26,32)(H,27,28)/t12-,13?,14-,15-,22?/m1/s1. The number of alkyl halides is 1. The average Bonchev–Trinajstić information content (AvgIpc) is 3.38. The minimum atomic E-state index is -0.954. The summed E-state index contributed by atoms with van der Waals surface area (Å²) in [6.45, 7) is 0. The van der Waals surface area contributed by atoms with Crippen molar-refractivity contribution in [1.82, 2.24) is 24.8 Å². The number of hydrogen-bond donors (Lipinski definition) is 5. The lowest BCUT2D eigenvalue weighted by Crippen LogP contribution is -2.49. The molecule has 2 aromatic rings. The van der Waals surface area contributed by atoms with Crippen LogP contribution in [0.5, 0.6) is 0 Å². The summed E-state index contributed by atoms with van der Waals surface area (Å²) < 4.78 is 14.9. The number of allylic oxidation sites excluding steroid dienone is 2. The van der Waals surface area contributed by atoms with E-state index in [9.17, 15) is 19.4 Å². The van der Waals surface area contributed by atoms with Crippen LogP contribution in [0, 0.1) is 0 Å². The molecule has 0 bridgehead atoms. The number of aliphatic hydroxyl groups excluding tert-OH is 2. The second-order valence-electron chi connectivity index (χ2n) is 8.84. The number of halogens is 1. The summed E-state index contributed by atoms with van der Waals surface area (Å²) in [7, 11) is 1.74. The lowest BCUT2D eigenvalue weighted by atomic mass is 9.88. The van der Waals surface area contributed by atoms with E-state index in [-0.39, 0.29) is 24.1 Å². The predicted octanol–water partition coefficient (Wildman–Crippen LogP) is 1.36. The van der Waals surface area contributed by atoms with Gasteiger partial charge in [-0.3, -0.25) is 4.79 Å². The van der Waals surface area contributed by atoms with Crippen molar-refractivity contribution in [2.75, 3.05) is 17.7 Å². The maximum Gasteiger partial charge on any atom is 0.256 e. The first kappa shape index (κ1) is 21.7. The Morgan fingerprint density at radius 3 is 2.76 bits per heavy atom. The summed E-state index contributed by atoms with van der Waals surface area (Å²) in [5.41, 5.74) is 1.18. The molecule has 1 amide bonds. The Labute approximate surface area is 190 Å². The Morgan fingerprint density at radius 2 is 2.06 bits per heavy atom. The Kier molecular flexibility index (Phi) is 5.67. The van der Waals surface area contributed by atoms with Gasteiger partial charge in [0.05, 0.1) is 18.0 Å². The number of rotatable bonds is 6. The summed E-state index contributed by atoms with van der Waals surface area (Å²) in [6.07, 6.45) is 7.35. The van der Waals surface area contributed by atoms with Gasteiger partial charge in [0.15, 0.2) is 11.9 Å². The summed E-state index contributed by atoms with van der Waals surface area (Å²) in [5.74, 6) is 0.734. The zero-order chi connectivity index (χ0) is 23.1. The van der Waals surface area contributed by atoms with Crippen molar-refractivity contribution < 1.29 is 19.4 Å². The molecular formula is C22H28FN7O3. The molecule has 0 spiro atoms. The van der Waals surface area contributed by atoms with Crippen molar-refractivity contribution in [2.45, 2.75) is 62.7 Å². The zero-order valence-electron chi connectivity index (χ0n) is 18.3. The molecule has 3 aliphatic rings. The van der Waals surface area contributed by atoms with Crippen LogP contribution in [0.4, 0.5) is 16.0 Å². The Bertz CT molecular complexity index is 1110. The third-order valence-electron chi connectivity index (χ3n) is 6.56. The van der Waals surface area contributed by atoms with E-state index in [1.54, 1.807) is 36.4 Å². The van der Waals surface area contributed by atoms with Crippen molar-refractivity contribution in [3.05, 3.63) is 41.9 Å². The second kappa shape index (κ2) is 8.64. The van der Waals surface area contributed by atoms with Crippen molar-refractivity contribution in [3.8, 4) is 0 Å². The molecule has 2 fully saturated rings. The summed E-state index contributed by atoms with van der Waals surface area (Å²) in [4.78, 5) is 19.2. The molecule has 3 atom stereocenters. The van der Waals surface area contributed by atoms with E-state index in [1.165, 1.54) is 10.7 Å². The molecule has 2 saturated carbocycles. The molecule has 0 saturated heterocycles. The number of carbonyl (C=O) groups is 1. The highest BCUT2D eigenvalue weighted by Crippen LogP contribution is 2.32. The highest BCUT2D eigenvalue weighted by atomic mass is 19.1. The Hall–Kier alpha value is -3.18. The maximum absolute atomic E-state index is 13.3.